The first kappa shape index (κ1) is 33.3. The molecular weight excluding hydrogens is 748 g/mol. The summed E-state index contributed by atoms with van der Waals surface area (Å²) in [7, 11) is 0. The van der Waals surface area contributed by atoms with Crippen LogP contribution in [0.4, 0.5) is 5.69 Å². The van der Waals surface area contributed by atoms with E-state index in [0.29, 0.717) is 12.1 Å². The number of imidazole rings is 1. The van der Waals surface area contributed by atoms with Crippen LogP contribution in [0.15, 0.2) is 71.8 Å². The van der Waals surface area contributed by atoms with Crippen molar-refractivity contribution in [3.05, 3.63) is 98.4 Å². The first-order valence-corrected chi connectivity index (χ1v) is 17.2. The molecule has 1 fully saturated rings. The van der Waals surface area contributed by atoms with E-state index < -0.39 is 22.9 Å². The first-order chi connectivity index (χ1) is 21.1. The average Bonchev–Trinajstić information content (AvgIpc) is 3.63. The Labute approximate surface area is 286 Å². The van der Waals surface area contributed by atoms with Gasteiger partial charge < -0.3 is 31.7 Å². The summed E-state index contributed by atoms with van der Waals surface area (Å²) in [5.41, 5.74) is 3.90. The van der Waals surface area contributed by atoms with Crippen LogP contribution in [0.3, 0.4) is 0 Å². The number of aromatic nitrogens is 2. The Kier molecular flexibility index (Phi) is 9.90. The van der Waals surface area contributed by atoms with E-state index in [9.17, 15) is 24.8 Å². The lowest BCUT2D eigenvalue weighted by Crippen LogP contribution is -3.00. The predicted molar refractivity (Wildman–Crippen MR) is 170 cm³/mol. The van der Waals surface area contributed by atoms with Crippen LogP contribution in [-0.4, -0.2) is 49.6 Å². The Morgan fingerprint density at radius 2 is 1.91 bits per heavy atom. The highest BCUT2D eigenvalue weighted by molar-refractivity contribution is 9.08. The van der Waals surface area contributed by atoms with Gasteiger partial charge in [-0.2, -0.15) is 4.40 Å². The molecule has 45 heavy (non-hydrogen) atoms. The number of non-ortho nitro benzene ring substituents is 1. The fourth-order valence-corrected chi connectivity index (χ4v) is 8.94. The second kappa shape index (κ2) is 13.4. The number of nitro groups is 1. The van der Waals surface area contributed by atoms with Gasteiger partial charge in [0, 0.05) is 29.0 Å². The number of carbonyl (C=O) groups is 2. The molecule has 4 aromatic rings. The highest BCUT2D eigenvalue weighted by Gasteiger charge is 2.60. The average molecular weight is 779 g/mol. The van der Waals surface area contributed by atoms with Crippen molar-refractivity contribution in [1.82, 2.24) is 9.30 Å². The largest absolute Gasteiger partial charge is 1.00 e. The van der Waals surface area contributed by atoms with Crippen molar-refractivity contribution >= 4 is 67.0 Å². The van der Waals surface area contributed by atoms with Gasteiger partial charge >= 0.3 is 5.97 Å². The number of β-lactam (4-membered cyclic amide) rings is 1. The van der Waals surface area contributed by atoms with E-state index in [2.05, 4.69) is 43.4 Å². The van der Waals surface area contributed by atoms with E-state index in [-0.39, 0.29) is 52.8 Å². The van der Waals surface area contributed by atoms with Gasteiger partial charge in [-0.05, 0) is 42.0 Å². The molecule has 0 unspecified atom stereocenters. The molecule has 0 saturated carbocycles. The Bertz CT molecular complexity index is 1820. The molecule has 4 atom stereocenters. The van der Waals surface area contributed by atoms with Gasteiger partial charge in [0.25, 0.3) is 12.0 Å². The minimum Gasteiger partial charge on any atom is -1.00 e. The monoisotopic (exact) mass is 776 g/mol. The zero-order valence-electron chi connectivity index (χ0n) is 24.6. The molecule has 2 aromatic carbocycles. The maximum atomic E-state index is 13.7. The summed E-state index contributed by atoms with van der Waals surface area (Å²) in [6.45, 7) is 4.19. The first-order valence-electron chi connectivity index (χ1n) is 14.0. The molecule has 2 aliphatic heterocycles. The number of carbonyl (C=O) groups excluding carboxylic acids is 2. The van der Waals surface area contributed by atoms with Crippen LogP contribution >= 0.6 is 39.0 Å². The summed E-state index contributed by atoms with van der Waals surface area (Å²) in [5, 5.41) is 23.3. The number of nitro benzene ring substituents is 1. The second-order valence-corrected chi connectivity index (χ2v) is 13.4. The standard InChI is InChI=1S/C31H30BrN4O6S2.BrH/c1-17-24(23-14-34-16-33(29(43-3)30(34)44-23)13-21-7-5-4-6-20(21)12-32)27(35-26(17)25(18(2)37)28(35)38)31(39)42-15-19-8-10-22(11-9-19)36(40)41;/h4-11,14,16-18,25-26,37H,12-13,15H2,1-3H3;1H/q+1;/p-1/t17-,18+,25+,26+;/m0./s1. The van der Waals surface area contributed by atoms with Gasteiger partial charge in [-0.15, -0.1) is 0 Å². The Balaban J connectivity index is 0.00000400. The third-order valence-corrected chi connectivity index (χ3v) is 11.0. The van der Waals surface area contributed by atoms with Gasteiger partial charge in [0.15, 0.2) is 0 Å². The van der Waals surface area contributed by atoms with Gasteiger partial charge in [-0.25, -0.2) is 9.36 Å². The molecule has 1 N–H and O–H groups in total. The summed E-state index contributed by atoms with van der Waals surface area (Å²) in [5.74, 6) is -1.77. The van der Waals surface area contributed by atoms with Gasteiger partial charge in [-0.1, -0.05) is 70.2 Å². The molecule has 14 heteroatoms. The van der Waals surface area contributed by atoms with Crippen LogP contribution in [0.5, 0.6) is 0 Å². The topological polar surface area (TPSA) is 118 Å². The fraction of sp³-hybridized carbons (Fsp3) is 0.323. The molecule has 2 aromatic heterocycles. The van der Waals surface area contributed by atoms with Crippen molar-refractivity contribution in [2.24, 2.45) is 11.8 Å². The maximum absolute atomic E-state index is 13.7. The van der Waals surface area contributed by atoms with Crippen LogP contribution in [0.2, 0.25) is 0 Å². The summed E-state index contributed by atoms with van der Waals surface area (Å²) in [6.07, 6.45) is 5.23. The molecule has 4 heterocycles. The Morgan fingerprint density at radius 3 is 2.53 bits per heavy atom. The number of thioether (sulfide) groups is 1. The molecule has 0 spiro atoms. The lowest BCUT2D eigenvalue weighted by Gasteiger charge is -2.46. The molecule has 1 amide bonds. The van der Waals surface area contributed by atoms with E-state index >= 15 is 0 Å². The van der Waals surface area contributed by atoms with Crippen molar-refractivity contribution in [3.63, 3.8) is 0 Å². The second-order valence-electron chi connectivity index (χ2n) is 11.0. The van der Waals surface area contributed by atoms with E-state index in [4.69, 9.17) is 4.74 Å². The number of nitrogens with zero attached hydrogens (tertiary/aromatic N) is 4. The van der Waals surface area contributed by atoms with Crippen LogP contribution in [-0.2, 0) is 32.8 Å². The van der Waals surface area contributed by atoms with Crippen molar-refractivity contribution in [2.75, 3.05) is 6.26 Å². The van der Waals surface area contributed by atoms with Crippen LogP contribution in [0, 0.1) is 22.0 Å². The van der Waals surface area contributed by atoms with E-state index in [1.54, 1.807) is 30.0 Å². The van der Waals surface area contributed by atoms with Crippen molar-refractivity contribution in [1.29, 1.82) is 0 Å². The summed E-state index contributed by atoms with van der Waals surface area (Å²) in [4.78, 5) is 40.8. The number of aliphatic hydroxyl groups excluding tert-OH is 1. The SMILES string of the molecule is CSc1c2sc(C3=C(C(=O)OCc4ccc([N+](=O)[O-])cc4)N4C(=O)[C@H]([C@@H](C)O)[C@H]4[C@H]3C)cn2c[n+]1Cc1ccccc1CBr.[Br-]. The molecule has 0 radical (unpaired) electrons. The van der Waals surface area contributed by atoms with Crippen LogP contribution in [0.1, 0.15) is 35.4 Å². The maximum Gasteiger partial charge on any atom is 0.355 e. The lowest BCUT2D eigenvalue weighted by molar-refractivity contribution is -0.721. The van der Waals surface area contributed by atoms with Crippen LogP contribution < -0.4 is 21.5 Å². The zero-order valence-corrected chi connectivity index (χ0v) is 29.4. The van der Waals surface area contributed by atoms with Crippen molar-refractivity contribution in [2.45, 2.75) is 49.5 Å². The van der Waals surface area contributed by atoms with E-state index in [0.717, 1.165) is 25.6 Å². The Morgan fingerprint density at radius 1 is 1.22 bits per heavy atom. The van der Waals surface area contributed by atoms with Crippen LogP contribution in [0.25, 0.3) is 10.4 Å². The molecular formula is C31H30Br2N4O6S2. The minimum absolute atomic E-state index is 0. The van der Waals surface area contributed by atoms with Gasteiger partial charge in [-0.3, -0.25) is 14.9 Å². The molecule has 10 nitrogen and oxygen atoms in total. The van der Waals surface area contributed by atoms with Crippen molar-refractivity contribution < 1.29 is 45.9 Å². The number of thiazole rings is 1. The number of hydrogen-bond acceptors (Lipinski definition) is 8. The molecule has 0 bridgehead atoms. The predicted octanol–water partition coefficient (Wildman–Crippen LogP) is 2.18. The highest BCUT2D eigenvalue weighted by atomic mass is 79.9. The number of hydrogen-bond donors (Lipinski definition) is 1. The number of alkyl halides is 1. The van der Waals surface area contributed by atoms with Gasteiger partial charge in [0.05, 0.1) is 27.9 Å². The van der Waals surface area contributed by atoms with E-state index in [1.165, 1.54) is 40.3 Å². The third kappa shape index (κ3) is 5.86. The number of amides is 1. The summed E-state index contributed by atoms with van der Waals surface area (Å²) in [6, 6.07) is 13.8. The number of benzene rings is 2. The van der Waals surface area contributed by atoms with Gasteiger partial charge in [0.1, 0.15) is 25.0 Å². The molecule has 236 valence electrons. The third-order valence-electron chi connectivity index (χ3n) is 8.35. The molecule has 2 aliphatic rings. The molecule has 1 saturated heterocycles. The minimum atomic E-state index is -0.855. The van der Waals surface area contributed by atoms with E-state index in [1.807, 2.05) is 31.5 Å². The zero-order chi connectivity index (χ0) is 31.3. The van der Waals surface area contributed by atoms with Gasteiger partial charge in [0.2, 0.25) is 15.8 Å². The summed E-state index contributed by atoms with van der Waals surface area (Å²) >= 11 is 6.79. The molecule has 0 aliphatic carbocycles. The normalized spacial score (nSPS) is 19.7. The number of esters is 1. The Hall–Kier alpha value is -3.04. The smallest absolute Gasteiger partial charge is 0.355 e. The quantitative estimate of drug-likeness (QED) is 0.0500. The molecule has 6 rings (SSSR count). The fourth-order valence-electron chi connectivity index (χ4n) is 6.22. The number of rotatable bonds is 10. The number of fused-ring (bicyclic) bond motifs is 2. The number of aliphatic hydroxyl groups is 1. The lowest BCUT2D eigenvalue weighted by atomic mass is 9.77. The number of ether oxygens (including phenoxy) is 1. The number of halogens is 2. The summed E-state index contributed by atoms with van der Waals surface area (Å²) < 4.78 is 9.96. The highest BCUT2D eigenvalue weighted by Crippen LogP contribution is 2.52. The van der Waals surface area contributed by atoms with Crippen molar-refractivity contribution in [3.8, 4) is 0 Å².